The molecule has 2 heterocycles. The van der Waals surface area contributed by atoms with Crippen LogP contribution in [0, 0.1) is 5.82 Å². The van der Waals surface area contributed by atoms with Gasteiger partial charge < -0.3 is 0 Å². The number of pyridine rings is 1. The van der Waals surface area contributed by atoms with Crippen molar-refractivity contribution >= 4 is 17.5 Å². The number of hydrogen-bond acceptors (Lipinski definition) is 5. The van der Waals surface area contributed by atoms with E-state index in [9.17, 15) is 9.18 Å². The van der Waals surface area contributed by atoms with E-state index in [1.165, 1.54) is 17.8 Å². The third kappa shape index (κ3) is 3.26. The van der Waals surface area contributed by atoms with E-state index in [4.69, 9.17) is 0 Å². The number of hydrogen-bond donors (Lipinski definition) is 0. The summed E-state index contributed by atoms with van der Waals surface area (Å²) in [4.78, 5) is 16.3. The first-order chi connectivity index (χ1) is 12.7. The molecule has 0 spiro atoms. The van der Waals surface area contributed by atoms with Gasteiger partial charge in [-0.3, -0.25) is 14.3 Å². The second-order valence-corrected chi connectivity index (χ2v) is 7.32. The summed E-state index contributed by atoms with van der Waals surface area (Å²) in [5, 5.41) is 8.91. The largest absolute Gasteiger partial charge is 0.298 e. The van der Waals surface area contributed by atoms with Crippen LogP contribution in [0.1, 0.15) is 25.7 Å². The van der Waals surface area contributed by atoms with Crippen LogP contribution in [-0.4, -0.2) is 30.8 Å². The number of carbonyl (C=O) groups excluding carboxylic acids is 1. The molecule has 0 radical (unpaired) electrons. The number of benzene rings is 1. The van der Waals surface area contributed by atoms with E-state index in [2.05, 4.69) is 15.2 Å². The highest BCUT2D eigenvalue weighted by atomic mass is 32.2. The van der Waals surface area contributed by atoms with Gasteiger partial charge in [0.05, 0.1) is 10.9 Å². The van der Waals surface area contributed by atoms with E-state index in [0.717, 1.165) is 24.8 Å². The maximum atomic E-state index is 14.5. The Morgan fingerprint density at radius 1 is 1.12 bits per heavy atom. The Hall–Kier alpha value is -2.54. The van der Waals surface area contributed by atoms with E-state index in [1.54, 1.807) is 41.2 Å². The minimum atomic E-state index is -0.366. The molecular weight excluding hydrogens is 351 g/mol. The molecule has 5 nitrogen and oxygen atoms in total. The maximum Gasteiger partial charge on any atom is 0.196 e. The first-order valence-corrected chi connectivity index (χ1v) is 9.42. The third-order valence-electron chi connectivity index (χ3n) is 4.39. The van der Waals surface area contributed by atoms with Crippen molar-refractivity contribution in [2.45, 2.75) is 36.1 Å². The topological polar surface area (TPSA) is 60.7 Å². The van der Waals surface area contributed by atoms with Gasteiger partial charge in [-0.25, -0.2) is 4.39 Å². The molecule has 0 aliphatic heterocycles. The summed E-state index contributed by atoms with van der Waals surface area (Å²) in [6.45, 7) is 0. The van der Waals surface area contributed by atoms with Crippen LogP contribution >= 0.6 is 11.8 Å². The van der Waals surface area contributed by atoms with Crippen LogP contribution in [0.25, 0.3) is 17.1 Å². The van der Waals surface area contributed by atoms with Gasteiger partial charge in [0, 0.05) is 24.4 Å². The number of halogens is 1. The average molecular weight is 368 g/mol. The Morgan fingerprint density at radius 3 is 2.77 bits per heavy atom. The van der Waals surface area contributed by atoms with Crippen molar-refractivity contribution in [3.63, 3.8) is 0 Å². The van der Waals surface area contributed by atoms with Crippen LogP contribution in [0.4, 0.5) is 4.39 Å². The van der Waals surface area contributed by atoms with Crippen LogP contribution in [-0.2, 0) is 4.79 Å². The Labute approximate surface area is 154 Å². The summed E-state index contributed by atoms with van der Waals surface area (Å²) >= 11 is 1.37. The van der Waals surface area contributed by atoms with Gasteiger partial charge in [-0.15, -0.1) is 10.2 Å². The number of carbonyl (C=O) groups is 1. The zero-order chi connectivity index (χ0) is 17.9. The zero-order valence-electron chi connectivity index (χ0n) is 14.0. The molecule has 0 amide bonds. The quantitative estimate of drug-likeness (QED) is 0.695. The molecule has 26 heavy (non-hydrogen) atoms. The lowest BCUT2D eigenvalue weighted by Gasteiger charge is -2.20. The first kappa shape index (κ1) is 16.9. The summed E-state index contributed by atoms with van der Waals surface area (Å²) < 4.78 is 16.2. The van der Waals surface area contributed by atoms with E-state index in [-0.39, 0.29) is 16.9 Å². The number of nitrogens with zero attached hydrogens (tertiary/aromatic N) is 4. The maximum absolute atomic E-state index is 14.5. The van der Waals surface area contributed by atoms with Crippen LogP contribution in [0.3, 0.4) is 0 Å². The van der Waals surface area contributed by atoms with Crippen molar-refractivity contribution in [2.24, 2.45) is 0 Å². The number of Topliss-reactive ketones (excluding diaryl/α,β-unsaturated/α-hetero) is 1. The molecule has 1 fully saturated rings. The predicted molar refractivity (Wildman–Crippen MR) is 97.7 cm³/mol. The average Bonchev–Trinajstić information content (AvgIpc) is 3.08. The second-order valence-electron chi connectivity index (χ2n) is 6.15. The van der Waals surface area contributed by atoms with Gasteiger partial charge in [0.1, 0.15) is 11.6 Å². The lowest BCUT2D eigenvalue weighted by atomic mass is 9.99. The molecule has 0 N–H and O–H groups in total. The fraction of sp³-hybridized carbons (Fsp3) is 0.263. The van der Waals surface area contributed by atoms with Gasteiger partial charge in [-0.2, -0.15) is 0 Å². The molecule has 0 saturated heterocycles. The Morgan fingerprint density at radius 2 is 2.00 bits per heavy atom. The van der Waals surface area contributed by atoms with Gasteiger partial charge >= 0.3 is 0 Å². The van der Waals surface area contributed by atoms with Gasteiger partial charge in [0.2, 0.25) is 0 Å². The predicted octanol–water partition coefficient (Wildman–Crippen LogP) is 4.07. The molecular formula is C19H17FN4OS. The summed E-state index contributed by atoms with van der Waals surface area (Å²) in [6.07, 6.45) is 6.71. The van der Waals surface area contributed by atoms with Gasteiger partial charge in [0.25, 0.3) is 0 Å². The van der Waals surface area contributed by atoms with Crippen molar-refractivity contribution < 1.29 is 9.18 Å². The minimum absolute atomic E-state index is 0.153. The monoisotopic (exact) mass is 368 g/mol. The highest BCUT2D eigenvalue weighted by Gasteiger charge is 2.27. The van der Waals surface area contributed by atoms with E-state index >= 15 is 0 Å². The van der Waals surface area contributed by atoms with E-state index in [0.29, 0.717) is 23.1 Å². The standard InChI is InChI=1S/C19H17FN4OS/c20-14-7-1-2-8-15(14)24-18(13-6-5-11-21-12-13)22-23-19(24)26-17-10-4-3-9-16(17)25/h1-2,5-8,11-12,17H,3-4,9-10H2. The SMILES string of the molecule is O=C1CCCCC1Sc1nnc(-c2cccnc2)n1-c1ccccc1F. The van der Waals surface area contributed by atoms with Crippen molar-refractivity contribution in [3.05, 3.63) is 54.6 Å². The second kappa shape index (κ2) is 7.37. The van der Waals surface area contributed by atoms with Crippen LogP contribution in [0.5, 0.6) is 0 Å². The summed E-state index contributed by atoms with van der Waals surface area (Å²) in [6, 6.07) is 10.2. The molecule has 3 aromatic rings. The molecule has 0 bridgehead atoms. The van der Waals surface area contributed by atoms with Crippen molar-refractivity contribution in [2.75, 3.05) is 0 Å². The van der Waals surface area contributed by atoms with Crippen LogP contribution in [0.2, 0.25) is 0 Å². The summed E-state index contributed by atoms with van der Waals surface area (Å²) in [5.41, 5.74) is 1.10. The molecule has 1 unspecified atom stereocenters. The van der Waals surface area contributed by atoms with E-state index < -0.39 is 0 Å². The Balaban J connectivity index is 1.81. The number of ketones is 1. The zero-order valence-corrected chi connectivity index (χ0v) is 14.8. The van der Waals surface area contributed by atoms with Crippen LogP contribution < -0.4 is 0 Å². The highest BCUT2D eigenvalue weighted by Crippen LogP contribution is 2.34. The van der Waals surface area contributed by atoms with Crippen molar-refractivity contribution in [1.82, 2.24) is 19.7 Å². The van der Waals surface area contributed by atoms with Gasteiger partial charge in [-0.05, 0) is 37.1 Å². The first-order valence-electron chi connectivity index (χ1n) is 8.54. The third-order valence-corrected chi connectivity index (χ3v) is 5.65. The fourth-order valence-electron chi connectivity index (χ4n) is 3.08. The smallest absolute Gasteiger partial charge is 0.196 e. The molecule has 7 heteroatoms. The summed E-state index contributed by atoms with van der Waals surface area (Å²) in [5.74, 6) is 0.371. The van der Waals surface area contributed by atoms with Crippen LogP contribution in [0.15, 0.2) is 53.9 Å². The Bertz CT molecular complexity index is 928. The molecule has 132 valence electrons. The molecule has 2 aromatic heterocycles. The molecule has 1 aliphatic rings. The van der Waals surface area contributed by atoms with Crippen molar-refractivity contribution in [3.8, 4) is 17.1 Å². The fourth-order valence-corrected chi connectivity index (χ4v) is 4.25. The molecule has 4 rings (SSSR count). The Kier molecular flexibility index (Phi) is 4.79. The number of para-hydroxylation sites is 1. The van der Waals surface area contributed by atoms with Gasteiger partial charge in [0.15, 0.2) is 11.0 Å². The molecule has 1 aliphatic carbocycles. The molecule has 1 saturated carbocycles. The summed E-state index contributed by atoms with van der Waals surface area (Å²) in [7, 11) is 0. The lowest BCUT2D eigenvalue weighted by molar-refractivity contribution is -0.119. The number of rotatable bonds is 4. The number of aromatic nitrogens is 4. The normalized spacial score (nSPS) is 17.4. The molecule has 1 atom stereocenters. The van der Waals surface area contributed by atoms with Crippen molar-refractivity contribution in [1.29, 1.82) is 0 Å². The lowest BCUT2D eigenvalue weighted by Crippen LogP contribution is -2.21. The van der Waals surface area contributed by atoms with E-state index in [1.807, 2.05) is 6.07 Å². The minimum Gasteiger partial charge on any atom is -0.298 e. The van der Waals surface area contributed by atoms with Gasteiger partial charge in [-0.1, -0.05) is 30.3 Å². The molecule has 1 aromatic carbocycles. The highest BCUT2D eigenvalue weighted by molar-refractivity contribution is 8.00. The number of thioether (sulfide) groups is 1.